The average Bonchev–Trinajstić information content (AvgIpc) is 1.57. The second-order valence-corrected chi connectivity index (χ2v) is 21.3. The summed E-state index contributed by atoms with van der Waals surface area (Å²) in [4.78, 5) is 149. The number of esters is 3. The fraction of sp³-hybridized carbons (Fsp3) is 0.760. The Labute approximate surface area is 489 Å². The molecule has 0 spiro atoms. The first-order valence-electron chi connectivity index (χ1n) is 27.8. The van der Waals surface area contributed by atoms with Crippen LogP contribution in [0.3, 0.4) is 0 Å². The molecule has 1 saturated carbocycles. The number of carboxylic acids is 3. The first kappa shape index (κ1) is 72.3. The minimum absolute atomic E-state index is 0.00973. The van der Waals surface area contributed by atoms with Crippen molar-refractivity contribution in [1.29, 1.82) is 0 Å². The van der Waals surface area contributed by atoms with Crippen LogP contribution in [0.25, 0.3) is 0 Å². The van der Waals surface area contributed by atoms with Crippen molar-refractivity contribution >= 4 is 71.3 Å². The zero-order valence-electron chi connectivity index (χ0n) is 47.0. The van der Waals surface area contributed by atoms with Gasteiger partial charge in [-0.1, -0.05) is 0 Å². The van der Waals surface area contributed by atoms with E-state index in [9.17, 15) is 82.7 Å². The minimum Gasteiger partial charge on any atom is -0.542 e. The van der Waals surface area contributed by atoms with Gasteiger partial charge in [0.05, 0.1) is 46.1 Å². The third-order valence-corrected chi connectivity index (χ3v) is 15.5. The quantitative estimate of drug-likeness (QED) is 0.0375. The van der Waals surface area contributed by atoms with Gasteiger partial charge in [-0.2, -0.15) is 39.5 Å². The lowest BCUT2D eigenvalue weighted by molar-refractivity contribution is -0.658. The van der Waals surface area contributed by atoms with Crippen LogP contribution in [0, 0.1) is 17.3 Å². The number of nitrogens with one attached hydrogen (secondary N) is 3. The number of carbonyl (C=O) groups excluding carboxylic acids is 12. The monoisotopic (exact) mass is 1270 g/mol. The van der Waals surface area contributed by atoms with Crippen LogP contribution in [-0.2, 0) is 76.5 Å². The fourth-order valence-corrected chi connectivity index (χ4v) is 11.1. The van der Waals surface area contributed by atoms with E-state index in [0.29, 0.717) is 58.2 Å². The van der Waals surface area contributed by atoms with Crippen molar-refractivity contribution < 1.29 is 147 Å². The number of halogens is 9. The predicted octanol–water partition coefficient (Wildman–Crippen LogP) is -8.11. The number of carboxylic acid groups (broad SMARTS) is 3. The minimum atomic E-state index is -5.19. The highest BCUT2D eigenvalue weighted by Crippen LogP contribution is 2.59. The number of ether oxygens (including phenoxy) is 4. The molecule has 0 aromatic heterocycles. The van der Waals surface area contributed by atoms with Crippen LogP contribution in [0.2, 0.25) is 0 Å². The molecule has 7 rings (SSSR count). The third-order valence-electron chi connectivity index (χ3n) is 15.5. The second-order valence-electron chi connectivity index (χ2n) is 21.3. The number of quaternary nitrogens is 3. The SMILES string of the molecule is COCC1(COC(=O)CNC(=O)[C@@H]2CCCN2C(=O)[C@@H]2CCC[NH2+]2)[C@H](COC(=O)CNC(=O)[C@@H]2CCCN2C(=O)[C@@H]2CCC[NH2+]2)[C@@H]1COC(=O)CNC(=O)[C@@H]1CCCN1C(=O)[C@@H]1CCC[NH2+]1.O=C([O-])C(F)(F)F.O=C([O-])C(F)(F)F.O=C([O-])C(F)(F)F. The Morgan fingerprint density at radius 3 is 0.966 bits per heavy atom. The summed E-state index contributed by atoms with van der Waals surface area (Å²) in [5.41, 5.74) is -0.988. The molecule has 28 nitrogen and oxygen atoms in total. The van der Waals surface area contributed by atoms with Gasteiger partial charge in [0.25, 0.3) is 17.7 Å². The highest BCUT2D eigenvalue weighted by Gasteiger charge is 2.66. The van der Waals surface area contributed by atoms with Gasteiger partial charge in [0.1, 0.15) is 55.7 Å². The lowest BCUT2D eigenvalue weighted by Crippen LogP contribution is -2.89. The van der Waals surface area contributed by atoms with Crippen molar-refractivity contribution in [2.75, 3.05) is 92.4 Å². The molecule has 492 valence electrons. The van der Waals surface area contributed by atoms with Crippen molar-refractivity contribution in [2.24, 2.45) is 17.3 Å². The van der Waals surface area contributed by atoms with Gasteiger partial charge in [-0.05, 0) is 38.5 Å². The van der Waals surface area contributed by atoms with Gasteiger partial charge in [0.15, 0.2) is 18.1 Å². The molecule has 0 aromatic rings. The summed E-state index contributed by atoms with van der Waals surface area (Å²) in [6, 6.07) is -2.62. The van der Waals surface area contributed by atoms with Crippen LogP contribution >= 0.6 is 0 Å². The first-order valence-corrected chi connectivity index (χ1v) is 27.8. The van der Waals surface area contributed by atoms with E-state index < -0.39 is 127 Å². The number of hydrogen-bond acceptors (Lipinski definition) is 19. The number of nitrogens with zero attached hydrogens (tertiary/aromatic N) is 3. The summed E-state index contributed by atoms with van der Waals surface area (Å²) in [6.45, 7) is 2.03. The normalized spacial score (nSPS) is 25.7. The van der Waals surface area contributed by atoms with Crippen molar-refractivity contribution in [2.45, 2.75) is 132 Å². The van der Waals surface area contributed by atoms with Gasteiger partial charge in [-0.15, -0.1) is 0 Å². The van der Waals surface area contributed by atoms with Crippen molar-refractivity contribution in [1.82, 2.24) is 30.7 Å². The Bertz CT molecular complexity index is 2320. The van der Waals surface area contributed by atoms with E-state index in [2.05, 4.69) is 16.0 Å². The van der Waals surface area contributed by atoms with Gasteiger partial charge < -0.3 is 95.3 Å². The van der Waals surface area contributed by atoms with Crippen LogP contribution in [0.15, 0.2) is 0 Å². The second kappa shape index (κ2) is 32.7. The molecule has 7 fully saturated rings. The molecule has 1 unspecified atom stereocenters. The molecule has 9 atom stereocenters. The number of amides is 6. The molecule has 0 bridgehead atoms. The Balaban J connectivity index is 0.000000658. The number of alkyl halides is 9. The number of nitrogens with two attached hydrogens (primary N) is 3. The summed E-state index contributed by atoms with van der Waals surface area (Å²) in [5.74, 6) is -13.9. The van der Waals surface area contributed by atoms with Crippen LogP contribution in [-0.4, -0.2) is 233 Å². The Morgan fingerprint density at radius 1 is 0.448 bits per heavy atom. The predicted molar refractivity (Wildman–Crippen MR) is 260 cm³/mol. The van der Waals surface area contributed by atoms with Crippen LogP contribution < -0.4 is 47.2 Å². The zero-order valence-corrected chi connectivity index (χ0v) is 47.0. The molecule has 6 saturated heterocycles. The van der Waals surface area contributed by atoms with Gasteiger partial charge in [0.2, 0.25) is 17.7 Å². The maximum absolute atomic E-state index is 13.2. The maximum Gasteiger partial charge on any atom is 0.430 e. The van der Waals surface area contributed by atoms with Gasteiger partial charge >= 0.3 is 36.4 Å². The van der Waals surface area contributed by atoms with E-state index in [0.717, 1.165) is 58.2 Å². The summed E-state index contributed by atoms with van der Waals surface area (Å²) in [5, 5.41) is 40.2. The molecule has 1 aliphatic carbocycles. The summed E-state index contributed by atoms with van der Waals surface area (Å²) in [6.07, 6.45) is -6.99. The van der Waals surface area contributed by atoms with E-state index in [1.54, 1.807) is 14.7 Å². The van der Waals surface area contributed by atoms with E-state index in [-0.39, 0.29) is 62.3 Å². The molecule has 7 aliphatic rings. The molecule has 0 radical (unpaired) electrons. The molecule has 37 heteroatoms. The summed E-state index contributed by atoms with van der Waals surface area (Å²) < 4.78 is 117. The molecule has 0 aromatic carbocycles. The van der Waals surface area contributed by atoms with Crippen LogP contribution in [0.4, 0.5) is 39.5 Å². The Morgan fingerprint density at radius 2 is 0.724 bits per heavy atom. The van der Waals surface area contributed by atoms with E-state index in [4.69, 9.17) is 48.7 Å². The van der Waals surface area contributed by atoms with E-state index in [1.807, 2.05) is 16.0 Å². The van der Waals surface area contributed by atoms with Crippen LogP contribution in [0.1, 0.15) is 77.0 Å². The van der Waals surface area contributed by atoms with Gasteiger partial charge in [-0.25, -0.2) is 0 Å². The number of hydrogen-bond donors (Lipinski definition) is 6. The molecular formula is C50H70F9N9O19. The number of methoxy groups -OCH3 is 1. The number of rotatable bonds is 20. The summed E-state index contributed by atoms with van der Waals surface area (Å²) >= 11 is 0. The van der Waals surface area contributed by atoms with Gasteiger partial charge in [0, 0.05) is 82.5 Å². The number of carbonyl (C=O) groups is 12. The van der Waals surface area contributed by atoms with E-state index in [1.165, 1.54) is 7.11 Å². The molecule has 6 heterocycles. The van der Waals surface area contributed by atoms with E-state index >= 15 is 0 Å². The highest BCUT2D eigenvalue weighted by molar-refractivity contribution is 5.93. The Kier molecular flexibility index (Phi) is 27.2. The topological polar surface area (TPSA) is 407 Å². The average molecular weight is 1270 g/mol. The molecule has 87 heavy (non-hydrogen) atoms. The van der Waals surface area contributed by atoms with Crippen molar-refractivity contribution in [3.05, 3.63) is 0 Å². The smallest absolute Gasteiger partial charge is 0.430 e. The summed E-state index contributed by atoms with van der Waals surface area (Å²) in [7, 11) is 1.45. The zero-order chi connectivity index (χ0) is 65.0. The molecule has 6 amide bonds. The molecule has 9 N–H and O–H groups in total. The lowest BCUT2D eigenvalue weighted by Gasteiger charge is -2.25. The van der Waals surface area contributed by atoms with Crippen molar-refractivity contribution in [3.8, 4) is 0 Å². The maximum atomic E-state index is 13.2. The fourth-order valence-electron chi connectivity index (χ4n) is 11.1. The Hall–Kier alpha value is -7.15. The largest absolute Gasteiger partial charge is 0.542 e. The van der Waals surface area contributed by atoms with Gasteiger partial charge in [-0.3, -0.25) is 43.2 Å². The number of likely N-dealkylation sites (tertiary alicyclic amines) is 3. The van der Waals surface area contributed by atoms with Crippen molar-refractivity contribution in [3.63, 3.8) is 0 Å². The lowest BCUT2D eigenvalue weighted by atomic mass is 10.0. The first-order chi connectivity index (χ1) is 40.7. The third kappa shape index (κ3) is 21.6. The van der Waals surface area contributed by atoms with Crippen LogP contribution in [0.5, 0.6) is 0 Å². The molecule has 6 aliphatic heterocycles. The molecular weight excluding hydrogens is 1200 g/mol. The number of aliphatic carboxylic acids is 3. The standard InChI is InChI=1S/C44H67N9O13.3C2HF3O2/c1-63-25-44(26-66-37(56)22-50-40(59)34-13-7-19-53(34)43(62)31-10-4-16-47-31)27(23-64-35(54)20-48-38(57)32-11-5-17-51(32)41(60)29-8-2-14-45-29)28(44)24-65-36(55)21-49-39(58)33-12-6-18-52(33)42(61)30-9-3-15-46-30;3*3-2(4,5)1(6)7/h27-34,45-47H,2-26H2,1H3,(H,48,57)(H,49,58)(H,50,59);3*(H,6,7)/t27-,28+,29-,30-,31-,32-,33-,34-,44?;;;/m0.../s1. The highest BCUT2D eigenvalue weighted by atomic mass is 19.4.